The van der Waals surface area contributed by atoms with Gasteiger partial charge in [0.15, 0.2) is 0 Å². The van der Waals surface area contributed by atoms with Gasteiger partial charge in [0.05, 0.1) is 15.5 Å². The molecule has 0 aromatic heterocycles. The number of halogens is 1. The average Bonchev–Trinajstić information content (AvgIpc) is 2.18. The molecule has 82 valence electrons. The summed E-state index contributed by atoms with van der Waals surface area (Å²) in [5.74, 6) is 0. The first-order valence-corrected chi connectivity index (χ1v) is 5.17. The van der Waals surface area contributed by atoms with Crippen molar-refractivity contribution in [3.05, 3.63) is 38.3 Å². The third-order valence-corrected chi connectivity index (χ3v) is 2.66. The molecule has 0 amide bonds. The Bertz CT molecular complexity index is 370. The smallest absolute Gasteiger partial charge is 0.283 e. The van der Waals surface area contributed by atoms with Crippen LogP contribution in [0.4, 0.5) is 5.69 Å². The molecule has 0 spiro atoms. The van der Waals surface area contributed by atoms with Crippen molar-refractivity contribution in [2.45, 2.75) is 12.5 Å². The highest BCUT2D eigenvalue weighted by Gasteiger charge is 2.15. The van der Waals surface area contributed by atoms with Crippen LogP contribution in [0.5, 0.6) is 0 Å². The average molecular weight is 275 g/mol. The van der Waals surface area contributed by atoms with Crippen molar-refractivity contribution < 1.29 is 10.0 Å². The number of nitrogens with two attached hydrogens (primary N) is 1. The fraction of sp³-hybridized carbons (Fsp3) is 0.333. The van der Waals surface area contributed by atoms with Gasteiger partial charge in [0.25, 0.3) is 5.69 Å². The van der Waals surface area contributed by atoms with Crippen LogP contribution in [0.15, 0.2) is 22.7 Å². The first kappa shape index (κ1) is 12.1. The summed E-state index contributed by atoms with van der Waals surface area (Å²) < 4.78 is 0.399. The molecule has 0 radical (unpaired) electrons. The molecule has 3 N–H and O–H groups in total. The van der Waals surface area contributed by atoms with Crippen LogP contribution in [-0.4, -0.2) is 16.6 Å². The van der Waals surface area contributed by atoms with Crippen LogP contribution in [0.3, 0.4) is 0 Å². The van der Waals surface area contributed by atoms with Crippen molar-refractivity contribution in [3.63, 3.8) is 0 Å². The maximum absolute atomic E-state index is 10.6. The van der Waals surface area contributed by atoms with Gasteiger partial charge in [-0.15, -0.1) is 0 Å². The zero-order valence-corrected chi connectivity index (χ0v) is 9.48. The fourth-order valence-electron chi connectivity index (χ4n) is 1.20. The molecule has 0 aliphatic heterocycles. The van der Waals surface area contributed by atoms with Crippen LogP contribution in [0.1, 0.15) is 18.1 Å². The summed E-state index contributed by atoms with van der Waals surface area (Å²) in [6, 6.07) is 4.54. The molecule has 15 heavy (non-hydrogen) atoms. The molecule has 0 saturated heterocycles. The monoisotopic (exact) mass is 274 g/mol. The first-order valence-electron chi connectivity index (χ1n) is 4.38. The van der Waals surface area contributed by atoms with Gasteiger partial charge in [0.1, 0.15) is 0 Å². The van der Waals surface area contributed by atoms with Crippen molar-refractivity contribution in [2.75, 3.05) is 6.54 Å². The van der Waals surface area contributed by atoms with E-state index in [2.05, 4.69) is 15.9 Å². The van der Waals surface area contributed by atoms with Crippen molar-refractivity contribution in [1.82, 2.24) is 0 Å². The van der Waals surface area contributed by atoms with Gasteiger partial charge in [0.2, 0.25) is 0 Å². The topological polar surface area (TPSA) is 89.4 Å². The molecule has 0 saturated carbocycles. The Kier molecular flexibility index (Phi) is 4.19. The lowest BCUT2D eigenvalue weighted by atomic mass is 10.1. The molecule has 0 fully saturated rings. The van der Waals surface area contributed by atoms with Crippen molar-refractivity contribution in [2.24, 2.45) is 5.73 Å². The molecule has 5 nitrogen and oxygen atoms in total. The Morgan fingerprint density at radius 2 is 2.27 bits per heavy atom. The minimum absolute atomic E-state index is 0.0522. The number of nitrogens with zero attached hydrogens (tertiary/aromatic N) is 1. The summed E-state index contributed by atoms with van der Waals surface area (Å²) in [5.41, 5.74) is 5.75. The summed E-state index contributed by atoms with van der Waals surface area (Å²) in [5, 5.41) is 20.2. The molecule has 0 aliphatic rings. The first-order chi connectivity index (χ1) is 7.06. The molecule has 0 heterocycles. The SMILES string of the molecule is NCC[C@@H](O)c1ccc(Br)c([N+](=O)[O-])c1. The Morgan fingerprint density at radius 3 is 2.80 bits per heavy atom. The number of aliphatic hydroxyl groups is 1. The second kappa shape index (κ2) is 5.20. The molecular formula is C9H11BrN2O3. The van der Waals surface area contributed by atoms with E-state index < -0.39 is 11.0 Å². The van der Waals surface area contributed by atoms with E-state index in [4.69, 9.17) is 5.73 Å². The van der Waals surface area contributed by atoms with Crippen LogP contribution in [0.2, 0.25) is 0 Å². The summed E-state index contributed by atoms with van der Waals surface area (Å²) in [4.78, 5) is 10.1. The molecule has 0 unspecified atom stereocenters. The Labute approximate surface area is 95.2 Å². The zero-order valence-electron chi connectivity index (χ0n) is 7.89. The molecule has 0 bridgehead atoms. The number of rotatable bonds is 4. The van der Waals surface area contributed by atoms with Crippen molar-refractivity contribution >= 4 is 21.6 Å². The highest BCUT2D eigenvalue weighted by molar-refractivity contribution is 9.10. The van der Waals surface area contributed by atoms with Crippen LogP contribution in [0, 0.1) is 10.1 Å². The minimum Gasteiger partial charge on any atom is -0.388 e. The van der Waals surface area contributed by atoms with Gasteiger partial charge in [-0.05, 0) is 40.5 Å². The summed E-state index contributed by atoms with van der Waals surface area (Å²) in [6.07, 6.45) is -0.361. The highest BCUT2D eigenvalue weighted by atomic mass is 79.9. The van der Waals surface area contributed by atoms with Crippen LogP contribution in [0.25, 0.3) is 0 Å². The van der Waals surface area contributed by atoms with Gasteiger partial charge in [-0.3, -0.25) is 10.1 Å². The number of aliphatic hydroxyl groups excluding tert-OH is 1. The largest absolute Gasteiger partial charge is 0.388 e. The lowest BCUT2D eigenvalue weighted by Gasteiger charge is -2.09. The molecule has 1 atom stereocenters. The Balaban J connectivity index is 3.02. The quantitative estimate of drug-likeness (QED) is 0.647. The number of hydrogen-bond donors (Lipinski definition) is 2. The van der Waals surface area contributed by atoms with Gasteiger partial charge >= 0.3 is 0 Å². The predicted octanol–water partition coefficient (Wildman–Crippen LogP) is 1.74. The van der Waals surface area contributed by atoms with E-state index in [1.807, 2.05) is 0 Å². The standard InChI is InChI=1S/C9H11BrN2O3/c10-7-2-1-6(9(13)3-4-11)5-8(7)12(14)15/h1-2,5,9,13H,3-4,11H2/t9-/m1/s1. The van der Waals surface area contributed by atoms with Gasteiger partial charge < -0.3 is 10.8 Å². The lowest BCUT2D eigenvalue weighted by molar-refractivity contribution is -0.385. The molecular weight excluding hydrogens is 264 g/mol. The van der Waals surface area contributed by atoms with E-state index in [-0.39, 0.29) is 5.69 Å². The van der Waals surface area contributed by atoms with E-state index in [0.29, 0.717) is 23.0 Å². The van der Waals surface area contributed by atoms with E-state index in [1.165, 1.54) is 6.07 Å². The van der Waals surface area contributed by atoms with Gasteiger partial charge in [-0.25, -0.2) is 0 Å². The Morgan fingerprint density at radius 1 is 1.60 bits per heavy atom. The molecule has 1 aromatic carbocycles. The van der Waals surface area contributed by atoms with E-state index >= 15 is 0 Å². The molecule has 1 rings (SSSR count). The number of nitro benzene ring substituents is 1. The second-order valence-electron chi connectivity index (χ2n) is 3.06. The number of hydrogen-bond acceptors (Lipinski definition) is 4. The normalized spacial score (nSPS) is 12.5. The van der Waals surface area contributed by atoms with E-state index in [0.717, 1.165) is 0 Å². The molecule has 6 heteroatoms. The second-order valence-corrected chi connectivity index (χ2v) is 3.92. The maximum Gasteiger partial charge on any atom is 0.283 e. The van der Waals surface area contributed by atoms with Crippen LogP contribution < -0.4 is 5.73 Å². The van der Waals surface area contributed by atoms with Crippen molar-refractivity contribution in [3.8, 4) is 0 Å². The highest BCUT2D eigenvalue weighted by Crippen LogP contribution is 2.28. The van der Waals surface area contributed by atoms with Gasteiger partial charge in [-0.1, -0.05) is 6.07 Å². The Hall–Kier alpha value is -0.980. The fourth-order valence-corrected chi connectivity index (χ4v) is 1.59. The summed E-state index contributed by atoms with van der Waals surface area (Å²) >= 11 is 3.07. The van der Waals surface area contributed by atoms with Gasteiger partial charge in [-0.2, -0.15) is 0 Å². The third-order valence-electron chi connectivity index (χ3n) is 1.99. The zero-order chi connectivity index (χ0) is 11.4. The van der Waals surface area contributed by atoms with E-state index in [1.54, 1.807) is 12.1 Å². The molecule has 0 aliphatic carbocycles. The maximum atomic E-state index is 10.6. The summed E-state index contributed by atoms with van der Waals surface area (Å²) in [7, 11) is 0. The van der Waals surface area contributed by atoms with E-state index in [9.17, 15) is 15.2 Å². The lowest BCUT2D eigenvalue weighted by Crippen LogP contribution is -2.07. The van der Waals surface area contributed by atoms with Crippen LogP contribution >= 0.6 is 15.9 Å². The van der Waals surface area contributed by atoms with Crippen molar-refractivity contribution in [1.29, 1.82) is 0 Å². The predicted molar refractivity (Wildman–Crippen MR) is 59.4 cm³/mol. The number of benzene rings is 1. The third kappa shape index (κ3) is 2.98. The summed E-state index contributed by atoms with van der Waals surface area (Å²) in [6.45, 7) is 0.338. The number of nitro groups is 1. The van der Waals surface area contributed by atoms with Crippen LogP contribution in [-0.2, 0) is 0 Å². The molecule has 1 aromatic rings. The van der Waals surface area contributed by atoms with Gasteiger partial charge in [0, 0.05) is 6.07 Å². The minimum atomic E-state index is -0.748.